The van der Waals surface area contributed by atoms with Gasteiger partial charge in [-0.1, -0.05) is 70.1 Å². The molecule has 0 amide bonds. The Hall–Kier alpha value is -0.520. The van der Waals surface area contributed by atoms with E-state index in [9.17, 15) is 0 Å². The van der Waals surface area contributed by atoms with Crippen molar-refractivity contribution in [3.8, 4) is 11.8 Å². The monoisotopic (exact) mass is 364 g/mol. The molecule has 152 valence electrons. The van der Waals surface area contributed by atoms with Gasteiger partial charge < -0.3 is 9.47 Å². The van der Waals surface area contributed by atoms with Crippen LogP contribution in [-0.2, 0) is 9.47 Å². The van der Waals surface area contributed by atoms with Crippen LogP contribution >= 0.6 is 0 Å². The van der Waals surface area contributed by atoms with Crippen molar-refractivity contribution >= 4 is 0 Å². The molecule has 0 bridgehead atoms. The summed E-state index contributed by atoms with van der Waals surface area (Å²) in [6, 6.07) is 0. The summed E-state index contributed by atoms with van der Waals surface area (Å²) in [6.07, 6.45) is 20.5. The first-order valence-corrected chi connectivity index (χ1v) is 11.5. The molecule has 26 heavy (non-hydrogen) atoms. The van der Waals surface area contributed by atoms with Crippen LogP contribution in [0.5, 0.6) is 0 Å². The van der Waals surface area contributed by atoms with Gasteiger partial charge in [0.2, 0.25) is 0 Å². The number of ether oxygens (including phenoxy) is 2. The Balaban J connectivity index is 1.68. The normalized spacial score (nSPS) is 14.7. The highest BCUT2D eigenvalue weighted by Gasteiger charge is 2.10. The molecule has 0 radical (unpaired) electrons. The van der Waals surface area contributed by atoms with E-state index >= 15 is 0 Å². The van der Waals surface area contributed by atoms with Crippen LogP contribution in [0.3, 0.4) is 0 Å². The molecular formula is C24H44O2. The lowest BCUT2D eigenvalue weighted by atomic mass is 10.1. The predicted molar refractivity (Wildman–Crippen MR) is 112 cm³/mol. The van der Waals surface area contributed by atoms with Crippen molar-refractivity contribution in [3.63, 3.8) is 0 Å². The summed E-state index contributed by atoms with van der Waals surface area (Å²) < 4.78 is 11.0. The van der Waals surface area contributed by atoms with Crippen molar-refractivity contribution in [1.82, 2.24) is 0 Å². The van der Waals surface area contributed by atoms with Gasteiger partial charge in [0.1, 0.15) is 0 Å². The van der Waals surface area contributed by atoms with Crippen LogP contribution in [-0.4, -0.2) is 25.9 Å². The Bertz CT molecular complexity index is 347. The quantitative estimate of drug-likeness (QED) is 0.219. The lowest BCUT2D eigenvalue weighted by Gasteiger charge is -2.08. The second-order valence-electron chi connectivity index (χ2n) is 8.12. The van der Waals surface area contributed by atoms with Gasteiger partial charge in [-0.2, -0.15) is 0 Å². The molecule has 0 heterocycles. The van der Waals surface area contributed by atoms with E-state index in [0.717, 1.165) is 32.2 Å². The van der Waals surface area contributed by atoms with E-state index < -0.39 is 0 Å². The maximum atomic E-state index is 5.58. The van der Waals surface area contributed by atoms with E-state index in [1.54, 1.807) is 0 Å². The molecule has 0 atom stereocenters. The Kier molecular flexibility index (Phi) is 16.2. The second kappa shape index (κ2) is 17.9. The largest absolute Gasteiger partial charge is 0.379 e. The van der Waals surface area contributed by atoms with Crippen LogP contribution in [0.4, 0.5) is 0 Å². The summed E-state index contributed by atoms with van der Waals surface area (Å²) in [7, 11) is 0. The lowest BCUT2D eigenvalue weighted by Crippen LogP contribution is -2.10. The zero-order chi connectivity index (χ0) is 18.7. The predicted octanol–water partition coefficient (Wildman–Crippen LogP) is 6.91. The highest BCUT2D eigenvalue weighted by atomic mass is 16.5. The van der Waals surface area contributed by atoms with Crippen LogP contribution in [0.1, 0.15) is 110 Å². The minimum Gasteiger partial charge on any atom is -0.379 e. The van der Waals surface area contributed by atoms with Gasteiger partial charge in [-0.3, -0.25) is 0 Å². The fourth-order valence-electron chi connectivity index (χ4n) is 3.56. The van der Waals surface area contributed by atoms with Gasteiger partial charge in [0.25, 0.3) is 0 Å². The molecule has 1 saturated carbocycles. The van der Waals surface area contributed by atoms with Crippen molar-refractivity contribution in [2.24, 2.45) is 5.92 Å². The molecule has 0 aromatic rings. The SMILES string of the molecule is CC(C)OCCOCCCCCCCCCCCCC#CC1CCCC1. The van der Waals surface area contributed by atoms with Gasteiger partial charge in [-0.25, -0.2) is 0 Å². The molecular weight excluding hydrogens is 320 g/mol. The van der Waals surface area contributed by atoms with Crippen molar-refractivity contribution in [2.75, 3.05) is 19.8 Å². The smallest absolute Gasteiger partial charge is 0.0703 e. The van der Waals surface area contributed by atoms with Crippen molar-refractivity contribution in [1.29, 1.82) is 0 Å². The van der Waals surface area contributed by atoms with E-state index in [1.165, 1.54) is 89.9 Å². The van der Waals surface area contributed by atoms with Crippen LogP contribution in [0.2, 0.25) is 0 Å². The van der Waals surface area contributed by atoms with Gasteiger partial charge in [0.05, 0.1) is 19.3 Å². The first kappa shape index (κ1) is 23.5. The average Bonchev–Trinajstić information content (AvgIpc) is 3.14. The Labute approximate surface area is 163 Å². The Morgan fingerprint density at radius 3 is 1.92 bits per heavy atom. The van der Waals surface area contributed by atoms with Crippen molar-refractivity contribution < 1.29 is 9.47 Å². The molecule has 0 aromatic heterocycles. The van der Waals surface area contributed by atoms with Crippen LogP contribution < -0.4 is 0 Å². The average molecular weight is 365 g/mol. The molecule has 1 rings (SSSR count). The summed E-state index contributed by atoms with van der Waals surface area (Å²) in [5.41, 5.74) is 0. The molecule has 1 fully saturated rings. The molecule has 2 heteroatoms. The number of unbranched alkanes of at least 4 members (excludes halogenated alkanes) is 10. The van der Waals surface area contributed by atoms with E-state index in [-0.39, 0.29) is 0 Å². The van der Waals surface area contributed by atoms with Crippen molar-refractivity contribution in [3.05, 3.63) is 0 Å². The maximum absolute atomic E-state index is 5.58. The third-order valence-corrected chi connectivity index (χ3v) is 5.18. The molecule has 0 saturated heterocycles. The zero-order valence-corrected chi connectivity index (χ0v) is 17.7. The van der Waals surface area contributed by atoms with Crippen LogP contribution in [0, 0.1) is 17.8 Å². The fraction of sp³-hybridized carbons (Fsp3) is 0.917. The molecule has 0 unspecified atom stereocenters. The molecule has 0 N–H and O–H groups in total. The highest BCUT2D eigenvalue weighted by molar-refractivity contribution is 5.04. The zero-order valence-electron chi connectivity index (χ0n) is 17.7. The number of hydrogen-bond donors (Lipinski definition) is 0. The minimum atomic E-state index is 0.314. The summed E-state index contributed by atoms with van der Waals surface area (Å²) in [5.74, 6) is 7.62. The molecule has 0 aromatic carbocycles. The molecule has 2 nitrogen and oxygen atoms in total. The third-order valence-electron chi connectivity index (χ3n) is 5.18. The Morgan fingerprint density at radius 2 is 1.31 bits per heavy atom. The van der Waals surface area contributed by atoms with E-state index in [4.69, 9.17) is 9.47 Å². The first-order valence-electron chi connectivity index (χ1n) is 11.5. The van der Waals surface area contributed by atoms with Gasteiger partial charge in [-0.05, 0) is 39.5 Å². The van der Waals surface area contributed by atoms with Gasteiger partial charge in [0.15, 0.2) is 0 Å². The Morgan fingerprint density at radius 1 is 0.731 bits per heavy atom. The summed E-state index contributed by atoms with van der Waals surface area (Å²) in [6.45, 7) is 6.49. The van der Waals surface area contributed by atoms with Gasteiger partial charge in [0, 0.05) is 18.9 Å². The third kappa shape index (κ3) is 15.7. The highest BCUT2D eigenvalue weighted by Crippen LogP contribution is 2.23. The molecule has 1 aliphatic carbocycles. The number of rotatable bonds is 16. The molecule has 1 aliphatic rings. The topological polar surface area (TPSA) is 18.5 Å². The fourth-order valence-corrected chi connectivity index (χ4v) is 3.56. The van der Waals surface area contributed by atoms with Crippen LogP contribution in [0.15, 0.2) is 0 Å². The van der Waals surface area contributed by atoms with Gasteiger partial charge >= 0.3 is 0 Å². The summed E-state index contributed by atoms with van der Waals surface area (Å²) in [4.78, 5) is 0. The summed E-state index contributed by atoms with van der Waals surface area (Å²) in [5, 5.41) is 0. The summed E-state index contributed by atoms with van der Waals surface area (Å²) >= 11 is 0. The van der Waals surface area contributed by atoms with E-state index in [0.29, 0.717) is 6.10 Å². The lowest BCUT2D eigenvalue weighted by molar-refractivity contribution is 0.0186. The molecule has 0 aliphatic heterocycles. The minimum absolute atomic E-state index is 0.314. The second-order valence-corrected chi connectivity index (χ2v) is 8.12. The van der Waals surface area contributed by atoms with Gasteiger partial charge in [-0.15, -0.1) is 5.92 Å². The van der Waals surface area contributed by atoms with E-state index in [1.807, 2.05) is 0 Å². The standard InChI is InChI=1S/C24H44O2/c1-23(2)26-22-21-25-20-16-12-10-8-6-4-3-5-7-9-11-13-17-24-18-14-15-19-24/h23-24H,3-12,14-16,18-22H2,1-2H3. The number of hydrogen-bond acceptors (Lipinski definition) is 2. The van der Waals surface area contributed by atoms with E-state index in [2.05, 4.69) is 25.7 Å². The first-order chi connectivity index (χ1) is 12.8. The maximum Gasteiger partial charge on any atom is 0.0703 e. The van der Waals surface area contributed by atoms with Crippen molar-refractivity contribution in [2.45, 2.75) is 116 Å². The molecule has 0 spiro atoms. The van der Waals surface area contributed by atoms with Crippen LogP contribution in [0.25, 0.3) is 0 Å².